The van der Waals surface area contributed by atoms with Crippen molar-refractivity contribution in [3.8, 4) is 0 Å². The Morgan fingerprint density at radius 1 is 0.486 bits per heavy atom. The Morgan fingerprint density at radius 3 is 1.26 bits per heavy atom. The molecule has 0 fully saturated rings. The number of nitrogens with zero attached hydrogens (tertiary/aromatic N) is 1. The average Bonchev–Trinajstić information content (AvgIpc) is 3.34. The fourth-order valence-electron chi connectivity index (χ4n) is 6.62. The third kappa shape index (κ3) is 53.7. The zero-order valence-electron chi connectivity index (χ0n) is 45.8. The van der Waals surface area contributed by atoms with E-state index in [4.69, 9.17) is 9.05 Å². The molecule has 0 rings (SSSR count). The number of phosphoric acid groups is 1. The minimum absolute atomic E-state index is 0.0376. The summed E-state index contributed by atoms with van der Waals surface area (Å²) in [4.78, 5) is 23.2. The smallest absolute Gasteiger partial charge is 0.387 e. The lowest BCUT2D eigenvalue weighted by Crippen LogP contribution is -2.45. The van der Waals surface area contributed by atoms with Crippen LogP contribution in [0.2, 0.25) is 0 Å². The molecule has 3 unspecified atom stereocenters. The Hall–Kier alpha value is -4.14. The van der Waals surface area contributed by atoms with Crippen LogP contribution in [0.4, 0.5) is 0 Å². The number of unbranched alkanes of at least 4 members (excludes halogenated alkanes) is 8. The second kappa shape index (κ2) is 51.7. The van der Waals surface area contributed by atoms with Gasteiger partial charge in [0.2, 0.25) is 5.91 Å². The van der Waals surface area contributed by atoms with Crippen LogP contribution < -0.4 is 5.32 Å². The lowest BCUT2D eigenvalue weighted by atomic mass is 10.1. The molecule has 3 N–H and O–H groups in total. The van der Waals surface area contributed by atoms with E-state index in [1.165, 1.54) is 32.1 Å². The maximum Gasteiger partial charge on any atom is 0.472 e. The fraction of sp³-hybridized carbons (Fsp3) is 0.540. The van der Waals surface area contributed by atoms with Crippen LogP contribution >= 0.6 is 7.82 Å². The van der Waals surface area contributed by atoms with Gasteiger partial charge in [-0.05, 0) is 122 Å². The van der Waals surface area contributed by atoms with Gasteiger partial charge in [-0.1, -0.05) is 210 Å². The first-order valence-electron chi connectivity index (χ1n) is 27.5. The van der Waals surface area contributed by atoms with Crippen molar-refractivity contribution in [1.29, 1.82) is 0 Å². The SMILES string of the molecule is CC/C=C\C/C=C\C/C=C\C/C=C\C/C=C\C/C=C\C/C=C\C/C=C\C/C=C\C/C=C\C/C=C\C/C=C\CCCCC(=O)NC(COP(=O)(O)OCC[N+](C)(C)C)C(O)/C=C/CC/C=C/CCCCCCC. The lowest BCUT2D eigenvalue weighted by Gasteiger charge is -2.25. The lowest BCUT2D eigenvalue weighted by molar-refractivity contribution is -0.870. The normalized spacial score (nSPS) is 15.3. The van der Waals surface area contributed by atoms with Crippen molar-refractivity contribution in [2.75, 3.05) is 40.9 Å². The third-order valence-electron chi connectivity index (χ3n) is 10.9. The molecular formula is C63H102N2O6P+. The number of rotatable bonds is 47. The van der Waals surface area contributed by atoms with Gasteiger partial charge >= 0.3 is 7.82 Å². The summed E-state index contributed by atoms with van der Waals surface area (Å²) in [5.41, 5.74) is 0. The van der Waals surface area contributed by atoms with Crippen LogP contribution in [-0.4, -0.2) is 73.4 Å². The molecule has 0 saturated carbocycles. The third-order valence-corrected chi connectivity index (χ3v) is 11.9. The van der Waals surface area contributed by atoms with Gasteiger partial charge in [-0.2, -0.15) is 0 Å². The van der Waals surface area contributed by atoms with E-state index >= 15 is 0 Å². The van der Waals surface area contributed by atoms with Gasteiger partial charge in [-0.3, -0.25) is 13.8 Å². The molecule has 8 nitrogen and oxygen atoms in total. The Bertz CT molecular complexity index is 1770. The summed E-state index contributed by atoms with van der Waals surface area (Å²) < 4.78 is 23.5. The van der Waals surface area contributed by atoms with Crippen LogP contribution in [0, 0.1) is 0 Å². The van der Waals surface area contributed by atoms with Crippen molar-refractivity contribution < 1.29 is 32.9 Å². The van der Waals surface area contributed by atoms with Crippen molar-refractivity contribution in [2.45, 2.75) is 180 Å². The van der Waals surface area contributed by atoms with Gasteiger partial charge in [-0.25, -0.2) is 4.57 Å². The van der Waals surface area contributed by atoms with Crippen LogP contribution in [0.1, 0.15) is 168 Å². The monoisotopic (exact) mass is 1010 g/mol. The number of hydrogen-bond donors (Lipinski definition) is 3. The topological polar surface area (TPSA) is 105 Å². The van der Waals surface area contributed by atoms with Gasteiger partial charge in [0.25, 0.3) is 0 Å². The van der Waals surface area contributed by atoms with E-state index in [9.17, 15) is 19.4 Å². The highest BCUT2D eigenvalue weighted by atomic mass is 31.2. The molecule has 0 saturated heterocycles. The Kier molecular flexibility index (Phi) is 48.8. The highest BCUT2D eigenvalue weighted by Crippen LogP contribution is 2.43. The van der Waals surface area contributed by atoms with E-state index in [1.54, 1.807) is 6.08 Å². The number of likely N-dealkylation sites (N-methyl/N-ethyl adjacent to an activating group) is 1. The first kappa shape index (κ1) is 67.9. The number of aliphatic hydroxyl groups excluding tert-OH is 1. The molecule has 1 amide bonds. The molecule has 0 aromatic carbocycles. The summed E-state index contributed by atoms with van der Waals surface area (Å²) in [5, 5.41) is 13.8. The molecule has 9 heteroatoms. The molecule has 0 heterocycles. The highest BCUT2D eigenvalue weighted by Gasteiger charge is 2.27. The summed E-state index contributed by atoms with van der Waals surface area (Å²) in [6, 6.07) is -0.898. The van der Waals surface area contributed by atoms with Crippen LogP contribution in [0.5, 0.6) is 0 Å². The molecule has 0 aromatic rings. The molecule has 0 aliphatic rings. The second-order valence-electron chi connectivity index (χ2n) is 18.9. The van der Waals surface area contributed by atoms with E-state index in [0.29, 0.717) is 17.4 Å². The van der Waals surface area contributed by atoms with Gasteiger partial charge < -0.3 is 19.8 Å². The minimum atomic E-state index is -4.37. The molecule has 0 spiro atoms. The summed E-state index contributed by atoms with van der Waals surface area (Å²) in [5.74, 6) is -0.240. The predicted molar refractivity (Wildman–Crippen MR) is 313 cm³/mol. The summed E-state index contributed by atoms with van der Waals surface area (Å²) in [6.07, 6.45) is 83.3. The molecule has 404 valence electrons. The number of amides is 1. The van der Waals surface area contributed by atoms with E-state index < -0.39 is 20.0 Å². The molecular weight excluding hydrogens is 912 g/mol. The zero-order chi connectivity index (χ0) is 52.7. The van der Waals surface area contributed by atoms with Gasteiger partial charge in [0.1, 0.15) is 13.2 Å². The number of quaternary nitrogens is 1. The van der Waals surface area contributed by atoms with E-state index in [-0.39, 0.29) is 25.5 Å². The highest BCUT2D eigenvalue weighted by molar-refractivity contribution is 7.47. The number of hydrogen-bond acceptors (Lipinski definition) is 5. The van der Waals surface area contributed by atoms with E-state index in [2.05, 4.69) is 177 Å². The van der Waals surface area contributed by atoms with Gasteiger partial charge in [0.15, 0.2) is 0 Å². The van der Waals surface area contributed by atoms with Crippen molar-refractivity contribution in [3.05, 3.63) is 170 Å². The fourth-order valence-corrected chi connectivity index (χ4v) is 7.36. The Balaban J connectivity index is 4.26. The Labute approximate surface area is 441 Å². The summed E-state index contributed by atoms with van der Waals surface area (Å²) in [6.45, 7) is 4.58. The molecule has 0 radical (unpaired) electrons. The number of carbonyl (C=O) groups excluding carboxylic acids is 1. The largest absolute Gasteiger partial charge is 0.472 e. The van der Waals surface area contributed by atoms with Crippen molar-refractivity contribution >= 4 is 13.7 Å². The number of phosphoric ester groups is 1. The van der Waals surface area contributed by atoms with E-state index in [0.717, 1.165) is 109 Å². The van der Waals surface area contributed by atoms with Crippen LogP contribution in [-0.2, 0) is 18.4 Å². The number of aliphatic hydroxyl groups is 1. The molecule has 0 aromatic heterocycles. The summed E-state index contributed by atoms with van der Waals surface area (Å²) in [7, 11) is 1.49. The second-order valence-corrected chi connectivity index (χ2v) is 20.3. The van der Waals surface area contributed by atoms with Crippen molar-refractivity contribution in [1.82, 2.24) is 5.32 Å². The van der Waals surface area contributed by atoms with E-state index in [1.807, 2.05) is 27.2 Å². The van der Waals surface area contributed by atoms with Gasteiger partial charge in [-0.15, -0.1) is 0 Å². The standard InChI is InChI=1S/C63H101N2O6P/c1-6-8-10-12-14-16-18-19-20-21-22-23-24-25-26-27-28-29-30-31-32-33-34-35-36-37-38-39-40-41-42-43-44-45-47-49-51-53-55-57-63(67)64-61(60-71-72(68,69)70-59-58-65(3,4)5)62(66)56-54-52-50-48-46-17-15-13-11-9-7-2/h8,10,14,16,19-20,22-23,25-26,28-29,31-32,34-35,37-38,40-41,43-44,46-49,54,56,61-62,66H,6-7,9,11-13,15,17-18,21,24,27,30,33,36,39,42,45,50-53,55,57-60H2,1-5H3,(H-,64,67,68,69)/p+1/b10-8-,16-14-,20-19-,23-22-,26-25-,29-28-,32-31-,35-34-,38-37-,41-40-,44-43-,48-46+,49-47-,56-54+. The first-order chi connectivity index (χ1) is 35.0. The number of nitrogens with one attached hydrogen (secondary N) is 1. The van der Waals surface area contributed by atoms with Crippen molar-refractivity contribution in [2.24, 2.45) is 0 Å². The average molecular weight is 1010 g/mol. The molecule has 0 aliphatic carbocycles. The maximum atomic E-state index is 12.9. The van der Waals surface area contributed by atoms with Gasteiger partial charge in [0.05, 0.1) is 39.9 Å². The predicted octanol–water partition coefficient (Wildman–Crippen LogP) is 16.9. The van der Waals surface area contributed by atoms with Crippen LogP contribution in [0.3, 0.4) is 0 Å². The quantitative estimate of drug-likeness (QED) is 0.0243. The van der Waals surface area contributed by atoms with Gasteiger partial charge in [0, 0.05) is 6.42 Å². The zero-order valence-corrected chi connectivity index (χ0v) is 46.7. The Morgan fingerprint density at radius 2 is 0.847 bits per heavy atom. The number of carbonyl (C=O) groups is 1. The first-order valence-corrected chi connectivity index (χ1v) is 29.0. The molecule has 0 aliphatic heterocycles. The van der Waals surface area contributed by atoms with Crippen LogP contribution in [0.15, 0.2) is 170 Å². The summed E-state index contributed by atoms with van der Waals surface area (Å²) >= 11 is 0. The maximum absolute atomic E-state index is 12.9. The molecule has 3 atom stereocenters. The number of allylic oxidation sites excluding steroid dienone is 27. The van der Waals surface area contributed by atoms with Crippen LogP contribution in [0.25, 0.3) is 0 Å². The van der Waals surface area contributed by atoms with Crippen molar-refractivity contribution in [3.63, 3.8) is 0 Å². The minimum Gasteiger partial charge on any atom is -0.387 e. The molecule has 0 bridgehead atoms. The molecule has 72 heavy (non-hydrogen) atoms.